The highest BCUT2D eigenvalue weighted by Gasteiger charge is 2.11. The highest BCUT2D eigenvalue weighted by atomic mass is 16.1. The van der Waals surface area contributed by atoms with Crippen LogP contribution in [-0.4, -0.2) is 30.7 Å². The fourth-order valence-corrected chi connectivity index (χ4v) is 3.28. The predicted octanol–water partition coefficient (Wildman–Crippen LogP) is 3.98. The van der Waals surface area contributed by atoms with Gasteiger partial charge in [0.1, 0.15) is 0 Å². The van der Waals surface area contributed by atoms with Crippen molar-refractivity contribution < 1.29 is 4.79 Å². The Morgan fingerprint density at radius 1 is 0.938 bits per heavy atom. The number of carbonyl (C=O) groups is 1. The first-order chi connectivity index (χ1) is 15.7. The number of pyridine rings is 1. The van der Waals surface area contributed by atoms with Crippen LogP contribution in [0.15, 0.2) is 85.2 Å². The summed E-state index contributed by atoms with van der Waals surface area (Å²) in [5.74, 6) is 0.332. The first-order valence-corrected chi connectivity index (χ1v) is 9.76. The lowest BCUT2D eigenvalue weighted by molar-refractivity contribution is 0.102. The molecule has 5 rings (SSSR count). The zero-order valence-electron chi connectivity index (χ0n) is 16.7. The third kappa shape index (κ3) is 3.66. The van der Waals surface area contributed by atoms with E-state index in [1.165, 1.54) is 0 Å². The van der Waals surface area contributed by atoms with Gasteiger partial charge in [0, 0.05) is 34.8 Å². The Morgan fingerprint density at radius 2 is 1.81 bits per heavy atom. The number of rotatable bonds is 4. The molecule has 0 radical (unpaired) electrons. The van der Waals surface area contributed by atoms with Crippen molar-refractivity contribution in [3.05, 3.63) is 96.3 Å². The molecule has 0 spiro atoms. The van der Waals surface area contributed by atoms with E-state index in [1.807, 2.05) is 42.5 Å². The van der Waals surface area contributed by atoms with E-state index in [1.54, 1.807) is 53.3 Å². The Balaban J connectivity index is 1.40. The minimum atomic E-state index is -0.278. The molecule has 0 aliphatic rings. The molecule has 1 amide bonds. The third-order valence-electron chi connectivity index (χ3n) is 4.87. The molecule has 2 aromatic carbocycles. The summed E-state index contributed by atoms with van der Waals surface area (Å²) >= 11 is 0. The van der Waals surface area contributed by atoms with E-state index in [9.17, 15) is 4.79 Å². The number of aromatic nitrogens is 5. The Labute approximate surface area is 182 Å². The van der Waals surface area contributed by atoms with Crippen molar-refractivity contribution in [2.45, 2.75) is 0 Å². The topological polar surface area (TPSA) is 109 Å². The minimum Gasteiger partial charge on any atom is -0.322 e. The van der Waals surface area contributed by atoms with Crippen LogP contribution in [0.2, 0.25) is 0 Å². The van der Waals surface area contributed by atoms with Gasteiger partial charge in [0.25, 0.3) is 5.91 Å². The summed E-state index contributed by atoms with van der Waals surface area (Å²) < 4.78 is 1.68. The van der Waals surface area contributed by atoms with Crippen molar-refractivity contribution in [3.63, 3.8) is 0 Å². The molecule has 0 fully saturated rings. The van der Waals surface area contributed by atoms with Crippen LogP contribution in [0.3, 0.4) is 0 Å². The van der Waals surface area contributed by atoms with Crippen LogP contribution in [0.4, 0.5) is 5.69 Å². The lowest BCUT2D eigenvalue weighted by atomic mass is 10.1. The fraction of sp³-hybridized carbons (Fsp3) is 0. The van der Waals surface area contributed by atoms with Gasteiger partial charge in [-0.25, -0.2) is 0 Å². The smallest absolute Gasteiger partial charge is 0.255 e. The zero-order chi connectivity index (χ0) is 21.9. The summed E-state index contributed by atoms with van der Waals surface area (Å²) in [6, 6.07) is 23.4. The number of amides is 1. The minimum absolute atomic E-state index is 0.278. The molecular formula is C24H15N7O. The summed E-state index contributed by atoms with van der Waals surface area (Å²) in [5.41, 5.74) is 4.58. The normalized spacial score (nSPS) is 10.6. The van der Waals surface area contributed by atoms with Crippen molar-refractivity contribution in [2.24, 2.45) is 0 Å². The highest BCUT2D eigenvalue weighted by molar-refractivity contribution is 6.04. The monoisotopic (exact) mass is 417 g/mol. The van der Waals surface area contributed by atoms with Crippen molar-refractivity contribution in [1.82, 2.24) is 24.8 Å². The maximum atomic E-state index is 12.5. The van der Waals surface area contributed by atoms with Crippen LogP contribution in [0, 0.1) is 11.3 Å². The second-order valence-electron chi connectivity index (χ2n) is 6.98. The molecular weight excluding hydrogens is 402 g/mol. The largest absolute Gasteiger partial charge is 0.322 e. The van der Waals surface area contributed by atoms with E-state index in [0.717, 1.165) is 16.8 Å². The summed E-state index contributed by atoms with van der Waals surface area (Å²) in [7, 11) is 0. The zero-order valence-corrected chi connectivity index (χ0v) is 16.7. The van der Waals surface area contributed by atoms with Crippen LogP contribution in [0.25, 0.3) is 28.3 Å². The average Bonchev–Trinajstić information content (AvgIpc) is 3.28. The first kappa shape index (κ1) is 19.1. The molecule has 0 aliphatic heterocycles. The van der Waals surface area contributed by atoms with Gasteiger partial charge in [-0.2, -0.15) is 14.9 Å². The SMILES string of the molecule is N#Cc1cccc(C(=O)Nc2ccc(-c3ccc4nnc(-c5cccnc5)n4n3)cc2)c1. The number of hydrogen-bond donors (Lipinski definition) is 1. The molecule has 0 aliphatic carbocycles. The van der Waals surface area contributed by atoms with Gasteiger partial charge in [0.05, 0.1) is 17.3 Å². The molecule has 152 valence electrons. The number of benzene rings is 2. The lowest BCUT2D eigenvalue weighted by Crippen LogP contribution is -2.11. The molecule has 0 saturated heterocycles. The Kier molecular flexibility index (Phi) is 4.82. The molecule has 3 heterocycles. The van der Waals surface area contributed by atoms with Gasteiger partial charge >= 0.3 is 0 Å². The fourth-order valence-electron chi connectivity index (χ4n) is 3.28. The first-order valence-electron chi connectivity index (χ1n) is 9.76. The van der Waals surface area contributed by atoms with Gasteiger partial charge in [0.2, 0.25) is 0 Å². The number of hydrogen-bond acceptors (Lipinski definition) is 6. The van der Waals surface area contributed by atoms with Crippen LogP contribution >= 0.6 is 0 Å². The summed E-state index contributed by atoms with van der Waals surface area (Å²) in [5, 5.41) is 24.9. The number of carbonyl (C=O) groups excluding carboxylic acids is 1. The number of nitrogens with one attached hydrogen (secondary N) is 1. The summed E-state index contributed by atoms with van der Waals surface area (Å²) in [6.07, 6.45) is 3.42. The van der Waals surface area contributed by atoms with Gasteiger partial charge in [-0.05, 0) is 54.6 Å². The molecule has 5 aromatic rings. The molecule has 0 saturated carbocycles. The number of nitrogens with zero attached hydrogens (tertiary/aromatic N) is 6. The number of fused-ring (bicyclic) bond motifs is 1. The molecule has 0 unspecified atom stereocenters. The molecule has 8 heteroatoms. The predicted molar refractivity (Wildman–Crippen MR) is 119 cm³/mol. The summed E-state index contributed by atoms with van der Waals surface area (Å²) in [4.78, 5) is 16.6. The lowest BCUT2D eigenvalue weighted by Gasteiger charge is -2.07. The number of anilines is 1. The van der Waals surface area contributed by atoms with Gasteiger partial charge in [-0.3, -0.25) is 9.78 Å². The molecule has 0 bridgehead atoms. The van der Waals surface area contributed by atoms with Crippen molar-refractivity contribution >= 4 is 17.2 Å². The van der Waals surface area contributed by atoms with Crippen molar-refractivity contribution in [2.75, 3.05) is 5.32 Å². The van der Waals surface area contributed by atoms with Crippen LogP contribution < -0.4 is 5.32 Å². The standard InChI is InChI=1S/C24H15N7O/c25-14-16-3-1-4-18(13-16)24(32)27-20-8-6-17(7-9-20)21-10-11-22-28-29-23(31(22)30-21)19-5-2-12-26-15-19/h1-13,15H,(H,27,32). The van der Waals surface area contributed by atoms with E-state index in [0.29, 0.717) is 28.3 Å². The molecule has 32 heavy (non-hydrogen) atoms. The van der Waals surface area contributed by atoms with E-state index in [-0.39, 0.29) is 5.91 Å². The van der Waals surface area contributed by atoms with Crippen molar-refractivity contribution in [1.29, 1.82) is 5.26 Å². The maximum absolute atomic E-state index is 12.5. The van der Waals surface area contributed by atoms with E-state index in [4.69, 9.17) is 5.26 Å². The quantitative estimate of drug-likeness (QED) is 0.474. The Morgan fingerprint density at radius 3 is 2.59 bits per heavy atom. The second kappa shape index (κ2) is 8.08. The molecule has 3 aromatic heterocycles. The van der Waals surface area contributed by atoms with Crippen LogP contribution in [0.5, 0.6) is 0 Å². The van der Waals surface area contributed by atoms with Gasteiger partial charge in [-0.15, -0.1) is 10.2 Å². The maximum Gasteiger partial charge on any atom is 0.255 e. The highest BCUT2D eigenvalue weighted by Crippen LogP contribution is 2.22. The van der Waals surface area contributed by atoms with E-state index >= 15 is 0 Å². The second-order valence-corrected chi connectivity index (χ2v) is 6.98. The third-order valence-corrected chi connectivity index (χ3v) is 4.87. The van der Waals surface area contributed by atoms with Gasteiger partial charge in [-0.1, -0.05) is 18.2 Å². The Hall–Kier alpha value is -4.90. The van der Waals surface area contributed by atoms with Crippen LogP contribution in [0.1, 0.15) is 15.9 Å². The molecule has 8 nitrogen and oxygen atoms in total. The van der Waals surface area contributed by atoms with Crippen LogP contribution in [-0.2, 0) is 0 Å². The summed E-state index contributed by atoms with van der Waals surface area (Å²) in [6.45, 7) is 0. The number of nitriles is 1. The van der Waals surface area contributed by atoms with E-state index < -0.39 is 0 Å². The molecule has 0 atom stereocenters. The average molecular weight is 417 g/mol. The van der Waals surface area contributed by atoms with Gasteiger partial charge < -0.3 is 5.32 Å². The Bertz CT molecular complexity index is 1470. The van der Waals surface area contributed by atoms with Gasteiger partial charge in [0.15, 0.2) is 11.5 Å². The van der Waals surface area contributed by atoms with E-state index in [2.05, 4.69) is 25.6 Å². The molecule has 1 N–H and O–H groups in total. The van der Waals surface area contributed by atoms with Crippen molar-refractivity contribution in [3.8, 4) is 28.7 Å².